The summed E-state index contributed by atoms with van der Waals surface area (Å²) in [5.74, 6) is -1.88. The Morgan fingerprint density at radius 2 is 2.00 bits per heavy atom. The van der Waals surface area contributed by atoms with Crippen molar-refractivity contribution in [3.8, 4) is 6.07 Å². The Morgan fingerprint density at radius 3 is 2.68 bits per heavy atom. The van der Waals surface area contributed by atoms with Crippen LogP contribution in [0.5, 0.6) is 0 Å². The van der Waals surface area contributed by atoms with Gasteiger partial charge >= 0.3 is 5.97 Å². The standard InChI is InChI=1S/C17H15N3O5/c1-11(19-16(22)14-7-4-8-24-14)17(23)25-10-15(21)20-13-6-3-2-5-12(13)9-18/h2-8,11H,10H2,1H3,(H,19,22)(H,20,21)/t11-/m0/s1. The van der Waals surface area contributed by atoms with Crippen molar-refractivity contribution in [3.05, 3.63) is 54.0 Å². The molecule has 2 rings (SSSR count). The van der Waals surface area contributed by atoms with E-state index in [2.05, 4.69) is 10.6 Å². The van der Waals surface area contributed by atoms with E-state index in [0.717, 1.165) is 0 Å². The second kappa shape index (κ2) is 8.31. The van der Waals surface area contributed by atoms with E-state index in [0.29, 0.717) is 11.3 Å². The third-order valence-electron chi connectivity index (χ3n) is 3.11. The van der Waals surface area contributed by atoms with E-state index in [4.69, 9.17) is 14.4 Å². The highest BCUT2D eigenvalue weighted by molar-refractivity contribution is 5.96. The number of esters is 1. The van der Waals surface area contributed by atoms with E-state index < -0.39 is 30.4 Å². The van der Waals surface area contributed by atoms with Crippen LogP contribution in [0, 0.1) is 11.3 Å². The molecule has 2 amide bonds. The van der Waals surface area contributed by atoms with Crippen molar-refractivity contribution in [3.63, 3.8) is 0 Å². The molecule has 1 aromatic carbocycles. The zero-order chi connectivity index (χ0) is 18.2. The van der Waals surface area contributed by atoms with Gasteiger partial charge in [0.25, 0.3) is 11.8 Å². The number of carbonyl (C=O) groups excluding carboxylic acids is 3. The molecule has 0 fully saturated rings. The van der Waals surface area contributed by atoms with Gasteiger partial charge in [-0.05, 0) is 31.2 Å². The van der Waals surface area contributed by atoms with Crippen LogP contribution in [0.2, 0.25) is 0 Å². The van der Waals surface area contributed by atoms with Crippen molar-refractivity contribution in [1.29, 1.82) is 5.26 Å². The molecule has 8 nitrogen and oxygen atoms in total. The fraction of sp³-hybridized carbons (Fsp3) is 0.176. The molecular formula is C17H15N3O5. The number of benzene rings is 1. The van der Waals surface area contributed by atoms with Gasteiger partial charge in [-0.3, -0.25) is 9.59 Å². The minimum atomic E-state index is -0.961. The van der Waals surface area contributed by atoms with Gasteiger partial charge < -0.3 is 19.8 Å². The molecule has 128 valence electrons. The summed E-state index contributed by atoms with van der Waals surface area (Å²) in [6.45, 7) is 0.881. The Hall–Kier alpha value is -3.60. The minimum absolute atomic E-state index is 0.0607. The Kier molecular flexibility index (Phi) is 5.90. The number of nitrogens with zero attached hydrogens (tertiary/aromatic N) is 1. The highest BCUT2D eigenvalue weighted by Crippen LogP contribution is 2.13. The molecule has 1 aromatic heterocycles. The van der Waals surface area contributed by atoms with Gasteiger partial charge in [0.1, 0.15) is 12.1 Å². The van der Waals surface area contributed by atoms with E-state index in [-0.39, 0.29) is 5.76 Å². The first-order chi connectivity index (χ1) is 12.0. The van der Waals surface area contributed by atoms with Crippen LogP contribution in [-0.2, 0) is 14.3 Å². The molecular weight excluding hydrogens is 326 g/mol. The third-order valence-corrected chi connectivity index (χ3v) is 3.11. The maximum absolute atomic E-state index is 11.8. The topological polar surface area (TPSA) is 121 Å². The number of para-hydroxylation sites is 1. The molecule has 0 aliphatic carbocycles. The Morgan fingerprint density at radius 1 is 1.24 bits per heavy atom. The fourth-order valence-corrected chi connectivity index (χ4v) is 1.87. The number of anilines is 1. The van der Waals surface area contributed by atoms with Crippen LogP contribution in [0.3, 0.4) is 0 Å². The van der Waals surface area contributed by atoms with Gasteiger partial charge in [-0.25, -0.2) is 4.79 Å². The lowest BCUT2D eigenvalue weighted by Crippen LogP contribution is -2.40. The van der Waals surface area contributed by atoms with Crippen molar-refractivity contribution in [2.75, 3.05) is 11.9 Å². The summed E-state index contributed by atoms with van der Waals surface area (Å²) < 4.78 is 9.76. The molecule has 1 atom stereocenters. The number of furan rings is 1. The van der Waals surface area contributed by atoms with Gasteiger partial charge in [0.15, 0.2) is 12.4 Å². The molecule has 8 heteroatoms. The lowest BCUT2D eigenvalue weighted by molar-refractivity contribution is -0.148. The Balaban J connectivity index is 1.81. The average molecular weight is 341 g/mol. The molecule has 0 aliphatic heterocycles. The summed E-state index contributed by atoms with van der Waals surface area (Å²) in [5.41, 5.74) is 0.617. The van der Waals surface area contributed by atoms with Crippen molar-refractivity contribution in [2.45, 2.75) is 13.0 Å². The van der Waals surface area contributed by atoms with Crippen molar-refractivity contribution >= 4 is 23.5 Å². The fourth-order valence-electron chi connectivity index (χ4n) is 1.87. The quantitative estimate of drug-likeness (QED) is 0.767. The van der Waals surface area contributed by atoms with Gasteiger partial charge in [0.05, 0.1) is 17.5 Å². The van der Waals surface area contributed by atoms with Crippen molar-refractivity contribution in [2.24, 2.45) is 0 Å². The number of nitriles is 1. The number of ether oxygens (including phenoxy) is 1. The minimum Gasteiger partial charge on any atom is -0.459 e. The molecule has 0 saturated carbocycles. The number of rotatable bonds is 6. The third kappa shape index (κ3) is 4.94. The molecule has 1 heterocycles. The first kappa shape index (κ1) is 17.7. The largest absolute Gasteiger partial charge is 0.459 e. The molecule has 2 N–H and O–H groups in total. The van der Waals surface area contributed by atoms with E-state index >= 15 is 0 Å². The smallest absolute Gasteiger partial charge is 0.328 e. The lowest BCUT2D eigenvalue weighted by atomic mass is 10.2. The predicted octanol–water partition coefficient (Wildman–Crippen LogP) is 1.45. The summed E-state index contributed by atoms with van der Waals surface area (Å²) in [6.07, 6.45) is 1.33. The van der Waals surface area contributed by atoms with E-state index in [1.165, 1.54) is 19.3 Å². The molecule has 25 heavy (non-hydrogen) atoms. The molecule has 0 saturated heterocycles. The highest BCUT2D eigenvalue weighted by atomic mass is 16.5. The predicted molar refractivity (Wildman–Crippen MR) is 86.4 cm³/mol. The maximum atomic E-state index is 11.8. The Labute approximate surface area is 143 Å². The summed E-state index contributed by atoms with van der Waals surface area (Å²) >= 11 is 0. The number of hydrogen-bond donors (Lipinski definition) is 2. The normalized spacial score (nSPS) is 11.0. The van der Waals surface area contributed by atoms with E-state index in [1.807, 2.05) is 6.07 Å². The number of nitrogens with one attached hydrogen (secondary N) is 2. The van der Waals surface area contributed by atoms with Gasteiger partial charge in [0.2, 0.25) is 0 Å². The van der Waals surface area contributed by atoms with Crippen LogP contribution in [0.15, 0.2) is 47.1 Å². The van der Waals surface area contributed by atoms with Crippen molar-refractivity contribution in [1.82, 2.24) is 5.32 Å². The monoisotopic (exact) mass is 341 g/mol. The highest BCUT2D eigenvalue weighted by Gasteiger charge is 2.20. The zero-order valence-electron chi connectivity index (χ0n) is 13.3. The summed E-state index contributed by atoms with van der Waals surface area (Å²) in [6, 6.07) is 10.4. The molecule has 0 aliphatic rings. The van der Waals surface area contributed by atoms with Gasteiger partial charge in [-0.1, -0.05) is 12.1 Å². The van der Waals surface area contributed by atoms with E-state index in [1.54, 1.807) is 30.3 Å². The first-order valence-electron chi connectivity index (χ1n) is 7.31. The van der Waals surface area contributed by atoms with Crippen LogP contribution in [-0.4, -0.2) is 30.4 Å². The molecule has 0 bridgehead atoms. The molecule has 2 aromatic rings. The molecule has 0 unspecified atom stereocenters. The van der Waals surface area contributed by atoms with Crippen LogP contribution >= 0.6 is 0 Å². The molecule has 0 spiro atoms. The number of hydrogen-bond acceptors (Lipinski definition) is 6. The first-order valence-corrected chi connectivity index (χ1v) is 7.31. The van der Waals surface area contributed by atoms with Gasteiger partial charge in [0, 0.05) is 0 Å². The second-order valence-corrected chi connectivity index (χ2v) is 4.99. The maximum Gasteiger partial charge on any atom is 0.328 e. The van der Waals surface area contributed by atoms with Crippen LogP contribution in [0.1, 0.15) is 23.0 Å². The van der Waals surface area contributed by atoms with Gasteiger partial charge in [-0.15, -0.1) is 0 Å². The number of carbonyl (C=O) groups is 3. The van der Waals surface area contributed by atoms with Crippen LogP contribution in [0.25, 0.3) is 0 Å². The van der Waals surface area contributed by atoms with Crippen LogP contribution in [0.4, 0.5) is 5.69 Å². The lowest BCUT2D eigenvalue weighted by Gasteiger charge is -2.12. The van der Waals surface area contributed by atoms with E-state index in [9.17, 15) is 14.4 Å². The van der Waals surface area contributed by atoms with Crippen molar-refractivity contribution < 1.29 is 23.5 Å². The SMILES string of the molecule is C[C@H](NC(=O)c1ccco1)C(=O)OCC(=O)Nc1ccccc1C#N. The Bertz CT molecular complexity index is 808. The van der Waals surface area contributed by atoms with Gasteiger partial charge in [-0.2, -0.15) is 5.26 Å². The second-order valence-electron chi connectivity index (χ2n) is 4.99. The average Bonchev–Trinajstić information content (AvgIpc) is 3.14. The summed E-state index contributed by atoms with van der Waals surface area (Å²) in [4.78, 5) is 35.4. The summed E-state index contributed by atoms with van der Waals surface area (Å²) in [7, 11) is 0. The van der Waals surface area contributed by atoms with Crippen LogP contribution < -0.4 is 10.6 Å². The summed E-state index contributed by atoms with van der Waals surface area (Å²) in [5, 5.41) is 13.8. The number of amides is 2. The zero-order valence-corrected chi connectivity index (χ0v) is 13.3. The molecule has 0 radical (unpaired) electrons.